The molecule has 1 aromatic heterocycles. The van der Waals surface area contributed by atoms with Crippen LogP contribution in [-0.2, 0) is 6.54 Å². The van der Waals surface area contributed by atoms with Crippen LogP contribution in [0, 0.1) is 5.92 Å². The standard InChI is InChI=1S/C21H29N3O/c1-17-7-10-24(11-8-17)16-21(25)15-23-13-18-4-2-5-19(12-18)20-6-3-9-22-14-20/h2-6,9,12,14,17,21,23,25H,7-8,10-11,13,15-16H2,1H3. The van der Waals surface area contributed by atoms with Crippen LogP contribution >= 0.6 is 0 Å². The first kappa shape index (κ1) is 18.1. The molecule has 1 atom stereocenters. The monoisotopic (exact) mass is 339 g/mol. The van der Waals surface area contributed by atoms with E-state index in [1.807, 2.05) is 12.3 Å². The van der Waals surface area contributed by atoms with Gasteiger partial charge >= 0.3 is 0 Å². The molecule has 2 N–H and O–H groups in total. The van der Waals surface area contributed by atoms with Crippen LogP contribution in [0.1, 0.15) is 25.3 Å². The highest BCUT2D eigenvalue weighted by atomic mass is 16.3. The molecule has 0 spiro atoms. The van der Waals surface area contributed by atoms with E-state index in [0.29, 0.717) is 6.54 Å². The molecule has 0 saturated carbocycles. The van der Waals surface area contributed by atoms with E-state index in [4.69, 9.17) is 0 Å². The Morgan fingerprint density at radius 1 is 1.20 bits per heavy atom. The molecule has 1 unspecified atom stereocenters. The Kier molecular flexibility index (Phi) is 6.56. The van der Waals surface area contributed by atoms with Crippen molar-refractivity contribution in [3.63, 3.8) is 0 Å². The van der Waals surface area contributed by atoms with Crippen LogP contribution in [0.3, 0.4) is 0 Å². The van der Waals surface area contributed by atoms with Crippen LogP contribution in [-0.4, -0.2) is 47.3 Å². The zero-order valence-electron chi connectivity index (χ0n) is 15.1. The van der Waals surface area contributed by atoms with Gasteiger partial charge in [0.2, 0.25) is 0 Å². The third-order valence-electron chi connectivity index (χ3n) is 4.98. The van der Waals surface area contributed by atoms with Crippen molar-refractivity contribution >= 4 is 0 Å². The molecule has 2 heterocycles. The van der Waals surface area contributed by atoms with Crippen molar-refractivity contribution in [2.24, 2.45) is 5.92 Å². The summed E-state index contributed by atoms with van der Waals surface area (Å²) in [6.07, 6.45) is 5.87. The normalized spacial score (nSPS) is 17.5. The minimum Gasteiger partial charge on any atom is -0.390 e. The molecule has 1 aromatic carbocycles. The number of nitrogens with one attached hydrogen (secondary N) is 1. The minimum absolute atomic E-state index is 0.310. The summed E-state index contributed by atoms with van der Waals surface area (Å²) in [4.78, 5) is 6.57. The molecule has 25 heavy (non-hydrogen) atoms. The fourth-order valence-corrected chi connectivity index (χ4v) is 3.38. The first-order valence-corrected chi connectivity index (χ1v) is 9.31. The zero-order chi connectivity index (χ0) is 17.5. The minimum atomic E-state index is -0.310. The fraction of sp³-hybridized carbons (Fsp3) is 0.476. The van der Waals surface area contributed by atoms with Crippen molar-refractivity contribution in [3.05, 3.63) is 54.4 Å². The lowest BCUT2D eigenvalue weighted by atomic mass is 9.99. The number of aliphatic hydroxyl groups excluding tert-OH is 1. The number of benzene rings is 1. The molecule has 1 fully saturated rings. The van der Waals surface area contributed by atoms with Gasteiger partial charge in [0.05, 0.1) is 6.10 Å². The highest BCUT2D eigenvalue weighted by Crippen LogP contribution is 2.19. The van der Waals surface area contributed by atoms with Gasteiger partial charge in [0.25, 0.3) is 0 Å². The van der Waals surface area contributed by atoms with Gasteiger partial charge in [0.15, 0.2) is 0 Å². The predicted molar refractivity (Wildman–Crippen MR) is 102 cm³/mol. The number of aliphatic hydroxyl groups is 1. The van der Waals surface area contributed by atoms with Gasteiger partial charge in [0.1, 0.15) is 0 Å². The van der Waals surface area contributed by atoms with Gasteiger partial charge in [-0.1, -0.05) is 31.2 Å². The Labute approximate surface area is 150 Å². The molecule has 1 saturated heterocycles. The van der Waals surface area contributed by atoms with E-state index in [1.165, 1.54) is 24.0 Å². The smallest absolute Gasteiger partial charge is 0.0791 e. The number of β-amino-alcohol motifs (C(OH)–C–C–N with tert-alkyl or cyclic N) is 1. The van der Waals surface area contributed by atoms with Crippen molar-refractivity contribution < 1.29 is 5.11 Å². The molecule has 1 aliphatic heterocycles. The van der Waals surface area contributed by atoms with Crippen molar-refractivity contribution in [3.8, 4) is 11.1 Å². The summed E-state index contributed by atoms with van der Waals surface area (Å²) in [5.74, 6) is 0.832. The van der Waals surface area contributed by atoms with Gasteiger partial charge < -0.3 is 15.3 Å². The maximum absolute atomic E-state index is 10.3. The number of hydrogen-bond donors (Lipinski definition) is 2. The number of likely N-dealkylation sites (tertiary alicyclic amines) is 1. The number of hydrogen-bond acceptors (Lipinski definition) is 4. The maximum atomic E-state index is 10.3. The van der Waals surface area contributed by atoms with E-state index in [2.05, 4.69) is 52.5 Å². The Morgan fingerprint density at radius 3 is 2.76 bits per heavy atom. The Morgan fingerprint density at radius 2 is 2.00 bits per heavy atom. The summed E-state index contributed by atoms with van der Waals surface area (Å²) in [5, 5.41) is 13.7. The molecule has 1 aliphatic rings. The summed E-state index contributed by atoms with van der Waals surface area (Å²) in [6.45, 7) is 6.71. The Hall–Kier alpha value is -1.75. The molecule has 0 aliphatic carbocycles. The molecule has 0 bridgehead atoms. The van der Waals surface area contributed by atoms with E-state index in [9.17, 15) is 5.11 Å². The van der Waals surface area contributed by atoms with E-state index in [1.54, 1.807) is 6.20 Å². The van der Waals surface area contributed by atoms with Gasteiger partial charge in [-0.15, -0.1) is 0 Å². The molecule has 134 valence electrons. The van der Waals surface area contributed by atoms with Crippen LogP contribution in [0.15, 0.2) is 48.8 Å². The number of aromatic nitrogens is 1. The fourth-order valence-electron chi connectivity index (χ4n) is 3.38. The SMILES string of the molecule is CC1CCN(CC(O)CNCc2cccc(-c3cccnc3)c2)CC1. The largest absolute Gasteiger partial charge is 0.390 e. The van der Waals surface area contributed by atoms with E-state index >= 15 is 0 Å². The molecule has 2 aromatic rings. The lowest BCUT2D eigenvalue weighted by Gasteiger charge is -2.31. The Bertz CT molecular complexity index is 639. The molecule has 4 nitrogen and oxygen atoms in total. The number of pyridine rings is 1. The second-order valence-corrected chi connectivity index (χ2v) is 7.21. The van der Waals surface area contributed by atoms with Gasteiger partial charge in [-0.05, 0) is 60.7 Å². The van der Waals surface area contributed by atoms with Crippen LogP contribution < -0.4 is 5.32 Å². The number of nitrogens with zero attached hydrogens (tertiary/aromatic N) is 2. The molecule has 3 rings (SSSR count). The lowest BCUT2D eigenvalue weighted by molar-refractivity contribution is 0.0907. The van der Waals surface area contributed by atoms with E-state index in [0.717, 1.165) is 37.7 Å². The average Bonchev–Trinajstić information content (AvgIpc) is 2.65. The summed E-state index contributed by atoms with van der Waals surface area (Å²) in [6, 6.07) is 12.5. The topological polar surface area (TPSA) is 48.4 Å². The quantitative estimate of drug-likeness (QED) is 0.814. The molecular weight excluding hydrogens is 310 g/mol. The molecular formula is C21H29N3O. The number of piperidine rings is 1. The first-order chi connectivity index (χ1) is 12.2. The molecule has 0 amide bonds. The van der Waals surface area contributed by atoms with Gasteiger partial charge in [-0.3, -0.25) is 4.98 Å². The van der Waals surface area contributed by atoms with Crippen LogP contribution in [0.2, 0.25) is 0 Å². The lowest BCUT2D eigenvalue weighted by Crippen LogP contribution is -2.41. The van der Waals surface area contributed by atoms with Gasteiger partial charge in [-0.25, -0.2) is 0 Å². The van der Waals surface area contributed by atoms with Crippen molar-refractivity contribution in [1.82, 2.24) is 15.2 Å². The van der Waals surface area contributed by atoms with Gasteiger partial charge in [0, 0.05) is 32.0 Å². The van der Waals surface area contributed by atoms with E-state index in [-0.39, 0.29) is 6.10 Å². The first-order valence-electron chi connectivity index (χ1n) is 9.31. The third-order valence-corrected chi connectivity index (χ3v) is 4.98. The summed E-state index contributed by atoms with van der Waals surface area (Å²) >= 11 is 0. The predicted octanol–water partition coefficient (Wildman–Crippen LogP) is 2.93. The zero-order valence-corrected chi connectivity index (χ0v) is 15.1. The summed E-state index contributed by atoms with van der Waals surface area (Å²) in [5.41, 5.74) is 3.53. The molecule has 0 radical (unpaired) electrons. The summed E-state index contributed by atoms with van der Waals surface area (Å²) in [7, 11) is 0. The van der Waals surface area contributed by atoms with Crippen LogP contribution in [0.25, 0.3) is 11.1 Å². The average molecular weight is 339 g/mol. The second-order valence-electron chi connectivity index (χ2n) is 7.21. The molecule has 4 heteroatoms. The van der Waals surface area contributed by atoms with Gasteiger partial charge in [-0.2, -0.15) is 0 Å². The highest BCUT2D eigenvalue weighted by molar-refractivity contribution is 5.62. The second kappa shape index (κ2) is 9.09. The van der Waals surface area contributed by atoms with Crippen molar-refractivity contribution in [1.29, 1.82) is 0 Å². The number of rotatable bonds is 7. The van der Waals surface area contributed by atoms with Crippen LogP contribution in [0.4, 0.5) is 0 Å². The highest BCUT2D eigenvalue weighted by Gasteiger charge is 2.17. The Balaban J connectivity index is 1.44. The van der Waals surface area contributed by atoms with Crippen molar-refractivity contribution in [2.45, 2.75) is 32.4 Å². The third kappa shape index (κ3) is 5.63. The van der Waals surface area contributed by atoms with E-state index < -0.39 is 0 Å². The maximum Gasteiger partial charge on any atom is 0.0791 e. The van der Waals surface area contributed by atoms with Crippen molar-refractivity contribution in [2.75, 3.05) is 26.2 Å². The van der Waals surface area contributed by atoms with Crippen LogP contribution in [0.5, 0.6) is 0 Å². The summed E-state index contributed by atoms with van der Waals surface area (Å²) < 4.78 is 0.